The fourth-order valence-corrected chi connectivity index (χ4v) is 4.17. The van der Waals surface area contributed by atoms with Crippen LogP contribution in [0.1, 0.15) is 16.1 Å². The Labute approximate surface area is 184 Å². The van der Waals surface area contributed by atoms with Crippen molar-refractivity contribution in [2.45, 2.75) is 23.1 Å². The van der Waals surface area contributed by atoms with Gasteiger partial charge in [0, 0.05) is 6.07 Å². The molecule has 0 aliphatic rings. The highest BCUT2D eigenvalue weighted by molar-refractivity contribution is 7.91. The highest BCUT2D eigenvalue weighted by Crippen LogP contribution is 2.39. The van der Waals surface area contributed by atoms with Crippen LogP contribution < -0.4 is 20.3 Å². The number of ether oxygens (including phenoxy) is 2. The molecule has 1 heterocycles. The van der Waals surface area contributed by atoms with Gasteiger partial charge in [0.25, 0.3) is 0 Å². The van der Waals surface area contributed by atoms with E-state index in [1.807, 2.05) is 0 Å². The Morgan fingerprint density at radius 3 is 2.39 bits per heavy atom. The van der Waals surface area contributed by atoms with Gasteiger partial charge >= 0.3 is 6.36 Å². The number of nitrogen functional groups attached to an aromatic ring is 1. The van der Waals surface area contributed by atoms with Gasteiger partial charge in [-0.2, -0.15) is 0 Å². The predicted molar refractivity (Wildman–Crippen MR) is 103 cm³/mol. The van der Waals surface area contributed by atoms with E-state index in [1.165, 1.54) is 25.1 Å². The molecule has 3 rings (SSSR count). The van der Waals surface area contributed by atoms with Crippen LogP contribution in [0, 0.1) is 12.7 Å². The van der Waals surface area contributed by atoms with Gasteiger partial charge in [-0.1, -0.05) is 12.1 Å². The van der Waals surface area contributed by atoms with E-state index in [4.69, 9.17) is 10.5 Å². The van der Waals surface area contributed by atoms with Gasteiger partial charge in [0.2, 0.25) is 15.7 Å². The molecule has 0 fully saturated rings. The molecule has 0 saturated heterocycles. The van der Waals surface area contributed by atoms with Crippen molar-refractivity contribution in [3.05, 3.63) is 65.6 Å². The largest absolute Gasteiger partial charge is 0.573 e. The first-order valence-electron chi connectivity index (χ1n) is 8.84. The third kappa shape index (κ3) is 5.31. The molecule has 174 valence electrons. The number of hydrogen-bond acceptors (Lipinski definition) is 8. The molecule has 0 aliphatic heterocycles. The van der Waals surface area contributed by atoms with E-state index in [0.717, 1.165) is 24.3 Å². The first-order valence-corrected chi connectivity index (χ1v) is 10.3. The monoisotopic (exact) mass is 485 g/mol. The lowest BCUT2D eigenvalue weighted by Gasteiger charge is -2.17. The fraction of sp³-hybridized carbons (Fsp3) is 0.100. The van der Waals surface area contributed by atoms with Crippen LogP contribution in [-0.2, 0) is 9.84 Å². The van der Waals surface area contributed by atoms with Crippen molar-refractivity contribution in [3.63, 3.8) is 0 Å². The molecule has 0 radical (unpaired) electrons. The second-order valence-corrected chi connectivity index (χ2v) is 8.46. The van der Waals surface area contributed by atoms with Crippen molar-refractivity contribution in [2.24, 2.45) is 0 Å². The molecule has 2 aromatic carbocycles. The molecule has 0 unspecified atom stereocenters. The molecule has 33 heavy (non-hydrogen) atoms. The average Bonchev–Trinajstić information content (AvgIpc) is 2.67. The molecular weight excluding hydrogens is 472 g/mol. The lowest BCUT2D eigenvalue weighted by Crippen LogP contribution is -2.25. The summed E-state index contributed by atoms with van der Waals surface area (Å²) in [5.74, 6) is -4.85. The van der Waals surface area contributed by atoms with Gasteiger partial charge in [0.15, 0.2) is 0 Å². The van der Waals surface area contributed by atoms with E-state index in [9.17, 15) is 35.9 Å². The number of aromatic nitrogens is 1. The van der Waals surface area contributed by atoms with Crippen LogP contribution in [0.2, 0.25) is 0 Å². The smallest absolute Gasteiger partial charge is 0.543 e. The molecule has 8 nitrogen and oxygen atoms in total. The Hall–Kier alpha value is -3.87. The minimum absolute atomic E-state index is 0.259. The van der Waals surface area contributed by atoms with Crippen molar-refractivity contribution in [1.82, 2.24) is 4.98 Å². The van der Waals surface area contributed by atoms with Crippen LogP contribution in [-0.4, -0.2) is 25.7 Å². The number of aromatic carboxylic acids is 1. The molecule has 0 aliphatic carbocycles. The molecule has 13 heteroatoms. The Bertz CT molecular complexity index is 1340. The summed E-state index contributed by atoms with van der Waals surface area (Å²) in [6, 6.07) is 7.89. The number of carbonyl (C=O) groups is 1. The number of alkyl halides is 3. The number of halogens is 4. The summed E-state index contributed by atoms with van der Waals surface area (Å²) in [4.78, 5) is 13.0. The number of nitrogens with zero attached hydrogens (tertiary/aromatic N) is 1. The van der Waals surface area contributed by atoms with Crippen molar-refractivity contribution >= 4 is 21.5 Å². The molecule has 2 N–H and O–H groups in total. The third-order valence-electron chi connectivity index (χ3n) is 4.09. The number of hydrogen-bond donors (Lipinski definition) is 1. The number of nitrogens with two attached hydrogens (primary N) is 1. The quantitative estimate of drug-likeness (QED) is 0.527. The Morgan fingerprint density at radius 1 is 1.09 bits per heavy atom. The zero-order valence-electron chi connectivity index (χ0n) is 16.5. The van der Waals surface area contributed by atoms with Gasteiger partial charge in [-0.05, 0) is 42.8 Å². The molecule has 0 amide bonds. The summed E-state index contributed by atoms with van der Waals surface area (Å²) in [7, 11) is -4.88. The van der Waals surface area contributed by atoms with Gasteiger partial charge in [-0.25, -0.2) is 17.8 Å². The van der Waals surface area contributed by atoms with Crippen LogP contribution in [0.15, 0.2) is 58.3 Å². The van der Waals surface area contributed by atoms with Crippen molar-refractivity contribution in [2.75, 3.05) is 5.73 Å². The van der Waals surface area contributed by atoms with Crippen molar-refractivity contribution < 1.29 is 45.4 Å². The number of carbonyl (C=O) groups excluding carboxylic acids is 1. The lowest BCUT2D eigenvalue weighted by atomic mass is 10.2. The molecule has 0 bridgehead atoms. The Morgan fingerprint density at radius 2 is 1.79 bits per heavy atom. The number of carboxylic acids is 1. The third-order valence-corrected chi connectivity index (χ3v) is 5.88. The molecule has 1 aromatic heterocycles. The summed E-state index contributed by atoms with van der Waals surface area (Å²) >= 11 is 0. The summed E-state index contributed by atoms with van der Waals surface area (Å²) in [5, 5.41) is 11.3. The summed E-state index contributed by atoms with van der Waals surface area (Å²) in [5.41, 5.74) is 4.28. The normalized spacial score (nSPS) is 11.8. The highest BCUT2D eigenvalue weighted by atomic mass is 32.2. The number of anilines is 1. The van der Waals surface area contributed by atoms with Crippen molar-refractivity contribution in [1.29, 1.82) is 0 Å². The minimum Gasteiger partial charge on any atom is -0.543 e. The SMILES string of the molecule is Cc1ccc(S(=O)(=O)c2cc(N)c(C(=O)[O-])nc2Oc2cccc(F)c2)c(OC(F)(F)F)c1. The molecule has 0 saturated carbocycles. The van der Waals surface area contributed by atoms with Crippen molar-refractivity contribution in [3.8, 4) is 17.4 Å². The number of rotatable bonds is 6. The van der Waals surface area contributed by atoms with E-state index in [0.29, 0.717) is 6.07 Å². The van der Waals surface area contributed by atoms with Crippen LogP contribution in [0.4, 0.5) is 23.2 Å². The zero-order valence-corrected chi connectivity index (χ0v) is 17.3. The van der Waals surface area contributed by atoms with E-state index in [1.54, 1.807) is 0 Å². The van der Waals surface area contributed by atoms with Gasteiger partial charge in [-0.15, -0.1) is 13.2 Å². The topological polar surface area (TPSA) is 132 Å². The van der Waals surface area contributed by atoms with Crippen LogP contribution in [0.5, 0.6) is 17.4 Å². The van der Waals surface area contributed by atoms with E-state index in [-0.39, 0.29) is 11.3 Å². The second kappa shape index (κ2) is 8.58. The molecule has 0 spiro atoms. The standard InChI is InChI=1S/C20H14F4N2O6S/c1-10-5-6-15(14(7-10)32-20(22,23)24)33(29,30)16-9-13(25)17(19(27)28)26-18(16)31-12-4-2-3-11(21)8-12/h2-9H,25H2,1H3,(H,27,28)/p-1. The molecule has 0 atom stereocenters. The number of aryl methyl sites for hydroxylation is 1. The Kier molecular flexibility index (Phi) is 6.18. The zero-order chi connectivity index (χ0) is 24.6. The maximum absolute atomic E-state index is 13.5. The highest BCUT2D eigenvalue weighted by Gasteiger charge is 2.36. The number of carboxylic acid groups (broad SMARTS) is 1. The van der Waals surface area contributed by atoms with Gasteiger partial charge < -0.3 is 25.1 Å². The number of sulfone groups is 1. The summed E-state index contributed by atoms with van der Waals surface area (Å²) in [6.07, 6.45) is -5.21. The number of pyridine rings is 1. The summed E-state index contributed by atoms with van der Waals surface area (Å²) < 4.78 is 87.9. The van der Waals surface area contributed by atoms with Crippen LogP contribution in [0.3, 0.4) is 0 Å². The maximum atomic E-state index is 13.5. The average molecular weight is 485 g/mol. The number of benzene rings is 2. The fourth-order valence-electron chi connectivity index (χ4n) is 2.72. The predicted octanol–water partition coefficient (Wildman–Crippen LogP) is 3.00. The first-order chi connectivity index (χ1) is 15.3. The van der Waals surface area contributed by atoms with E-state index < -0.39 is 60.8 Å². The Balaban J connectivity index is 2.25. The van der Waals surface area contributed by atoms with Gasteiger partial charge in [-0.3, -0.25) is 0 Å². The van der Waals surface area contributed by atoms with E-state index in [2.05, 4.69) is 9.72 Å². The maximum Gasteiger partial charge on any atom is 0.573 e. The lowest BCUT2D eigenvalue weighted by molar-refractivity contribution is -0.275. The van der Waals surface area contributed by atoms with Crippen LogP contribution >= 0.6 is 0 Å². The summed E-state index contributed by atoms with van der Waals surface area (Å²) in [6.45, 7) is 1.41. The minimum atomic E-state index is -5.21. The van der Waals surface area contributed by atoms with Crippen LogP contribution in [0.25, 0.3) is 0 Å². The van der Waals surface area contributed by atoms with Gasteiger partial charge in [0.05, 0.1) is 11.7 Å². The van der Waals surface area contributed by atoms with E-state index >= 15 is 0 Å². The first kappa shape index (κ1) is 23.8. The molecule has 3 aromatic rings. The second-order valence-electron chi connectivity index (χ2n) is 6.58. The molecular formula is C20H13F4N2O6S-. The van der Waals surface area contributed by atoms with Gasteiger partial charge in [0.1, 0.15) is 32.8 Å².